The number of nitrogens with zero attached hydrogens (tertiary/aromatic N) is 4. The third-order valence-corrected chi connectivity index (χ3v) is 4.17. The molecule has 0 bridgehead atoms. The van der Waals surface area contributed by atoms with Crippen LogP contribution in [-0.4, -0.2) is 41.2 Å². The van der Waals surface area contributed by atoms with Crippen LogP contribution in [0.3, 0.4) is 0 Å². The first-order valence-corrected chi connectivity index (χ1v) is 7.25. The highest BCUT2D eigenvalue weighted by Gasteiger charge is 2.19. The lowest BCUT2D eigenvalue weighted by Gasteiger charge is -2.34. The lowest BCUT2D eigenvalue weighted by atomic mass is 10.3. The van der Waals surface area contributed by atoms with E-state index in [0.717, 1.165) is 38.5 Å². The molecule has 1 saturated heterocycles. The minimum atomic E-state index is 0.305. The van der Waals surface area contributed by atoms with Gasteiger partial charge in [-0.1, -0.05) is 5.16 Å². The van der Waals surface area contributed by atoms with Crippen molar-refractivity contribution in [2.45, 2.75) is 13.1 Å². The van der Waals surface area contributed by atoms with Crippen LogP contribution in [0.1, 0.15) is 11.7 Å². The molecule has 3 heterocycles. The first kappa shape index (κ1) is 12.6. The summed E-state index contributed by atoms with van der Waals surface area (Å²) in [6.45, 7) is 5.17. The number of rotatable bonds is 4. The number of anilines is 1. The molecule has 0 unspecified atom stereocenters. The van der Waals surface area contributed by atoms with Gasteiger partial charge in [-0.05, 0) is 17.5 Å². The summed E-state index contributed by atoms with van der Waals surface area (Å²) >= 11 is 1.79. The molecule has 0 aromatic carbocycles. The maximum atomic E-state index is 5.45. The summed E-state index contributed by atoms with van der Waals surface area (Å²) in [7, 11) is 0. The molecule has 2 aromatic rings. The van der Waals surface area contributed by atoms with Crippen molar-refractivity contribution < 1.29 is 4.52 Å². The first-order chi connectivity index (χ1) is 9.35. The summed E-state index contributed by atoms with van der Waals surface area (Å²) in [6.07, 6.45) is 0. The number of thiophene rings is 1. The van der Waals surface area contributed by atoms with Crippen molar-refractivity contribution in [2.24, 2.45) is 5.73 Å². The second-order valence-corrected chi connectivity index (χ2v) is 5.45. The van der Waals surface area contributed by atoms with Crippen LogP contribution in [-0.2, 0) is 13.1 Å². The molecule has 6 nitrogen and oxygen atoms in total. The molecule has 0 amide bonds. The minimum Gasteiger partial charge on any atom is -0.361 e. The molecule has 0 aliphatic carbocycles. The topological polar surface area (TPSA) is 71.4 Å². The fourth-order valence-corrected chi connectivity index (χ4v) is 3.00. The number of aromatic nitrogens is 2. The normalized spacial score (nSPS) is 17.0. The molecule has 7 heteroatoms. The summed E-state index contributed by atoms with van der Waals surface area (Å²) in [5.41, 5.74) is 5.45. The molecule has 2 N–H and O–H groups in total. The van der Waals surface area contributed by atoms with Crippen molar-refractivity contribution in [3.8, 4) is 0 Å². The number of piperazine rings is 1. The Kier molecular flexibility index (Phi) is 3.77. The van der Waals surface area contributed by atoms with Gasteiger partial charge in [0, 0.05) is 26.2 Å². The van der Waals surface area contributed by atoms with E-state index in [0.29, 0.717) is 12.4 Å². The van der Waals surface area contributed by atoms with E-state index in [2.05, 4.69) is 37.5 Å². The van der Waals surface area contributed by atoms with Crippen LogP contribution in [0.2, 0.25) is 0 Å². The van der Waals surface area contributed by atoms with Crippen LogP contribution in [0.15, 0.2) is 22.0 Å². The van der Waals surface area contributed by atoms with Crippen LogP contribution in [0.5, 0.6) is 0 Å². The zero-order valence-electron chi connectivity index (χ0n) is 10.7. The van der Waals surface area contributed by atoms with Gasteiger partial charge < -0.3 is 15.2 Å². The third-order valence-electron chi connectivity index (χ3n) is 3.24. The van der Waals surface area contributed by atoms with Gasteiger partial charge in [0.25, 0.3) is 0 Å². The quantitative estimate of drug-likeness (QED) is 0.897. The number of hydrogen-bond donors (Lipinski definition) is 1. The molecule has 1 aliphatic rings. The van der Waals surface area contributed by atoms with Gasteiger partial charge in [0.1, 0.15) is 0 Å². The Morgan fingerprint density at radius 2 is 2.16 bits per heavy atom. The Balaban J connectivity index is 1.52. The minimum absolute atomic E-state index is 0.305. The first-order valence-electron chi connectivity index (χ1n) is 6.37. The van der Waals surface area contributed by atoms with Crippen molar-refractivity contribution in [1.82, 2.24) is 15.0 Å². The molecule has 0 radical (unpaired) electrons. The fraction of sp³-hybridized carbons (Fsp3) is 0.500. The molecule has 102 valence electrons. The molecule has 0 atom stereocenters. The second-order valence-electron chi connectivity index (χ2n) is 4.52. The van der Waals surface area contributed by atoms with Crippen molar-refractivity contribution in [3.05, 3.63) is 29.2 Å². The summed E-state index contributed by atoms with van der Waals surface area (Å²) in [5, 5.41) is 7.40. The average Bonchev–Trinajstić information content (AvgIpc) is 3.10. The van der Waals surface area contributed by atoms with E-state index in [4.69, 9.17) is 10.3 Å². The summed E-state index contributed by atoms with van der Waals surface area (Å²) in [5.74, 6) is 1.23. The predicted octanol–water partition coefficient (Wildman–Crippen LogP) is 0.912. The highest BCUT2D eigenvalue weighted by molar-refractivity contribution is 7.14. The molecular formula is C12H17N5OS. The van der Waals surface area contributed by atoms with Gasteiger partial charge in [0.05, 0.1) is 18.1 Å². The van der Waals surface area contributed by atoms with Crippen LogP contribution in [0, 0.1) is 0 Å². The molecule has 2 aromatic heterocycles. The van der Waals surface area contributed by atoms with Crippen LogP contribution in [0.25, 0.3) is 0 Å². The largest absolute Gasteiger partial charge is 0.361 e. The van der Waals surface area contributed by atoms with E-state index in [-0.39, 0.29) is 0 Å². The van der Waals surface area contributed by atoms with Crippen molar-refractivity contribution in [2.75, 3.05) is 31.1 Å². The highest BCUT2D eigenvalue weighted by Crippen LogP contribution is 2.22. The van der Waals surface area contributed by atoms with E-state index < -0.39 is 0 Å². The predicted molar refractivity (Wildman–Crippen MR) is 74.0 cm³/mol. The Labute approximate surface area is 115 Å². The molecule has 3 rings (SSSR count). The summed E-state index contributed by atoms with van der Waals surface area (Å²) in [4.78, 5) is 9.00. The number of hydrogen-bond acceptors (Lipinski definition) is 7. The van der Waals surface area contributed by atoms with E-state index in [9.17, 15) is 0 Å². The number of nitrogens with two attached hydrogens (primary N) is 1. The van der Waals surface area contributed by atoms with Gasteiger partial charge in [0.15, 0.2) is 5.82 Å². The van der Waals surface area contributed by atoms with Crippen molar-refractivity contribution in [1.29, 1.82) is 0 Å². The maximum Gasteiger partial charge on any atom is 0.240 e. The van der Waals surface area contributed by atoms with Gasteiger partial charge in [-0.15, -0.1) is 11.3 Å². The van der Waals surface area contributed by atoms with Crippen molar-refractivity contribution in [3.63, 3.8) is 0 Å². The maximum absolute atomic E-state index is 5.45. The van der Waals surface area contributed by atoms with Gasteiger partial charge in [-0.2, -0.15) is 4.98 Å². The molecule has 1 fully saturated rings. The van der Waals surface area contributed by atoms with Crippen LogP contribution < -0.4 is 10.6 Å². The van der Waals surface area contributed by atoms with Gasteiger partial charge in [-0.25, -0.2) is 0 Å². The SMILES string of the molecule is NCc1nc(CN2CCN(c3cccs3)CC2)no1. The molecule has 0 saturated carbocycles. The lowest BCUT2D eigenvalue weighted by molar-refractivity contribution is 0.240. The Morgan fingerprint density at radius 1 is 1.32 bits per heavy atom. The van der Waals surface area contributed by atoms with Gasteiger partial charge >= 0.3 is 0 Å². The zero-order valence-corrected chi connectivity index (χ0v) is 11.5. The Morgan fingerprint density at radius 3 is 2.79 bits per heavy atom. The zero-order chi connectivity index (χ0) is 13.1. The van der Waals surface area contributed by atoms with Gasteiger partial charge in [-0.3, -0.25) is 4.90 Å². The van der Waals surface area contributed by atoms with E-state index in [1.54, 1.807) is 11.3 Å². The average molecular weight is 279 g/mol. The lowest BCUT2D eigenvalue weighted by Crippen LogP contribution is -2.45. The standard InChI is InChI=1S/C12H17N5OS/c13-8-11-14-10(15-18-11)9-16-3-5-17(6-4-16)12-2-1-7-19-12/h1-2,7H,3-6,8-9,13H2. The molecular weight excluding hydrogens is 262 g/mol. The van der Waals surface area contributed by atoms with Crippen molar-refractivity contribution >= 4 is 16.3 Å². The second kappa shape index (κ2) is 5.68. The van der Waals surface area contributed by atoms with E-state index >= 15 is 0 Å². The molecule has 19 heavy (non-hydrogen) atoms. The highest BCUT2D eigenvalue weighted by atomic mass is 32.1. The third kappa shape index (κ3) is 2.94. The smallest absolute Gasteiger partial charge is 0.240 e. The van der Waals surface area contributed by atoms with Crippen LogP contribution in [0.4, 0.5) is 5.00 Å². The van der Waals surface area contributed by atoms with Gasteiger partial charge in [0.2, 0.25) is 5.89 Å². The van der Waals surface area contributed by atoms with Crippen LogP contribution >= 0.6 is 11.3 Å². The Hall–Kier alpha value is -1.44. The summed E-state index contributed by atoms with van der Waals surface area (Å²) in [6, 6.07) is 4.27. The van der Waals surface area contributed by atoms with E-state index in [1.165, 1.54) is 5.00 Å². The molecule has 0 spiro atoms. The summed E-state index contributed by atoms with van der Waals surface area (Å²) < 4.78 is 5.01. The molecule has 1 aliphatic heterocycles. The Bertz CT molecular complexity index is 504. The monoisotopic (exact) mass is 279 g/mol. The van der Waals surface area contributed by atoms with E-state index in [1.807, 2.05) is 0 Å². The fourth-order valence-electron chi connectivity index (χ4n) is 2.21.